The Kier molecular flexibility index (Phi) is 4.51. The van der Waals surface area contributed by atoms with Gasteiger partial charge in [0.15, 0.2) is 5.78 Å². The van der Waals surface area contributed by atoms with Gasteiger partial charge in [0.05, 0.1) is 0 Å². The van der Waals surface area contributed by atoms with E-state index in [1.165, 1.54) is 6.07 Å². The maximum atomic E-state index is 13.8. The third-order valence-corrected chi connectivity index (χ3v) is 3.83. The molecule has 1 aromatic carbocycles. The van der Waals surface area contributed by atoms with Crippen molar-refractivity contribution < 1.29 is 13.7 Å². The van der Waals surface area contributed by atoms with E-state index >= 15 is 0 Å². The molecule has 0 saturated heterocycles. The fourth-order valence-corrected chi connectivity index (χ4v) is 2.58. The molecule has 0 unspecified atom stereocenters. The summed E-state index contributed by atoms with van der Waals surface area (Å²) in [6.07, 6.45) is 0.699. The molecule has 0 aliphatic rings. The van der Waals surface area contributed by atoms with E-state index in [0.29, 0.717) is 29.0 Å². The largest absolute Gasteiger partial charge is 0.361 e. The van der Waals surface area contributed by atoms with E-state index in [1.807, 2.05) is 19.9 Å². The lowest BCUT2D eigenvalue weighted by atomic mass is 10.0. The van der Waals surface area contributed by atoms with Crippen LogP contribution in [0.2, 0.25) is 0 Å². The summed E-state index contributed by atoms with van der Waals surface area (Å²) in [5.74, 6) is 0.206. The second kappa shape index (κ2) is 6.74. The van der Waals surface area contributed by atoms with E-state index in [1.54, 1.807) is 30.3 Å². The van der Waals surface area contributed by atoms with Crippen molar-refractivity contribution in [2.24, 2.45) is 0 Å². The van der Waals surface area contributed by atoms with Crippen molar-refractivity contribution >= 4 is 5.78 Å². The molecule has 5 heteroatoms. The first-order chi connectivity index (χ1) is 11.5. The molecule has 0 N–H and O–H groups in total. The zero-order valence-corrected chi connectivity index (χ0v) is 13.5. The monoisotopic (exact) mass is 324 g/mol. The van der Waals surface area contributed by atoms with Crippen LogP contribution in [0.3, 0.4) is 0 Å². The number of benzene rings is 1. The molecular weight excluding hydrogens is 307 g/mol. The van der Waals surface area contributed by atoms with E-state index in [4.69, 9.17) is 4.52 Å². The predicted octanol–water partition coefficient (Wildman–Crippen LogP) is 4.31. The topological polar surface area (TPSA) is 56.0 Å². The number of carbonyl (C=O) groups excluding carboxylic acids is 1. The Balaban J connectivity index is 1.69. The van der Waals surface area contributed by atoms with Crippen LogP contribution in [0.4, 0.5) is 4.39 Å². The third-order valence-electron chi connectivity index (χ3n) is 3.83. The van der Waals surface area contributed by atoms with Crippen LogP contribution in [-0.4, -0.2) is 15.9 Å². The lowest BCUT2D eigenvalue weighted by Crippen LogP contribution is -2.05. The molecule has 0 spiro atoms. The number of halogens is 1. The molecule has 2 aromatic heterocycles. The number of hydrogen-bond donors (Lipinski definition) is 0. The first-order valence-corrected chi connectivity index (χ1v) is 7.72. The van der Waals surface area contributed by atoms with Crippen LogP contribution < -0.4 is 0 Å². The molecule has 3 rings (SSSR count). The van der Waals surface area contributed by atoms with Crippen LogP contribution in [0.1, 0.15) is 33.9 Å². The lowest BCUT2D eigenvalue weighted by molar-refractivity contribution is 0.0979. The van der Waals surface area contributed by atoms with Crippen molar-refractivity contribution in [2.75, 3.05) is 0 Å². The normalized spacial score (nSPS) is 10.8. The van der Waals surface area contributed by atoms with Crippen LogP contribution >= 0.6 is 0 Å². The summed E-state index contributed by atoms with van der Waals surface area (Å²) in [5.41, 5.74) is 3.05. The standard InChI is InChI=1S/C19H17FN2O2/c1-12-7-9-15(13(2)21-12)19(23)10-8-14-11-18(22-24-14)16-5-3-4-6-17(16)20/h3-7,9,11H,8,10H2,1-2H3. The molecule has 4 nitrogen and oxygen atoms in total. The van der Waals surface area contributed by atoms with Crippen LogP contribution in [0.5, 0.6) is 0 Å². The number of Topliss-reactive ketones (excluding diaryl/α,β-unsaturated/α-hetero) is 1. The van der Waals surface area contributed by atoms with E-state index in [2.05, 4.69) is 10.1 Å². The van der Waals surface area contributed by atoms with Gasteiger partial charge in [-0.05, 0) is 38.1 Å². The molecule has 24 heavy (non-hydrogen) atoms. The summed E-state index contributed by atoms with van der Waals surface area (Å²) < 4.78 is 19.0. The molecule has 0 fully saturated rings. The van der Waals surface area contributed by atoms with Gasteiger partial charge in [-0.15, -0.1) is 0 Å². The molecule has 0 aliphatic carbocycles. The highest BCUT2D eigenvalue weighted by Gasteiger charge is 2.14. The van der Waals surface area contributed by atoms with E-state index in [0.717, 1.165) is 11.4 Å². The molecule has 0 atom stereocenters. The summed E-state index contributed by atoms with van der Waals surface area (Å²) in [6, 6.07) is 11.7. The number of rotatable bonds is 5. The summed E-state index contributed by atoms with van der Waals surface area (Å²) in [4.78, 5) is 16.6. The lowest BCUT2D eigenvalue weighted by Gasteiger charge is -2.04. The SMILES string of the molecule is Cc1ccc(C(=O)CCc2cc(-c3ccccc3F)no2)c(C)n1. The van der Waals surface area contributed by atoms with Gasteiger partial charge in [-0.2, -0.15) is 0 Å². The van der Waals surface area contributed by atoms with Gasteiger partial charge in [-0.25, -0.2) is 4.39 Å². The minimum Gasteiger partial charge on any atom is -0.361 e. The van der Waals surface area contributed by atoms with Crippen molar-refractivity contribution in [3.05, 3.63) is 71.0 Å². The average Bonchev–Trinajstić information content (AvgIpc) is 3.02. The quantitative estimate of drug-likeness (QED) is 0.656. The number of ketones is 1. The second-order valence-corrected chi connectivity index (χ2v) is 5.67. The fourth-order valence-electron chi connectivity index (χ4n) is 2.58. The summed E-state index contributed by atoms with van der Waals surface area (Å²) >= 11 is 0. The van der Waals surface area contributed by atoms with Gasteiger partial charge in [0.2, 0.25) is 0 Å². The Morgan fingerprint density at radius 3 is 2.71 bits per heavy atom. The van der Waals surface area contributed by atoms with Crippen LogP contribution in [0.25, 0.3) is 11.3 Å². The summed E-state index contributed by atoms with van der Waals surface area (Å²) in [7, 11) is 0. The highest BCUT2D eigenvalue weighted by atomic mass is 19.1. The number of hydrogen-bond acceptors (Lipinski definition) is 4. The minimum absolute atomic E-state index is 0.00356. The van der Waals surface area contributed by atoms with Crippen molar-refractivity contribution in [1.82, 2.24) is 10.1 Å². The predicted molar refractivity (Wildman–Crippen MR) is 88.3 cm³/mol. The molecule has 0 amide bonds. The van der Waals surface area contributed by atoms with Crippen molar-refractivity contribution in [3.63, 3.8) is 0 Å². The number of carbonyl (C=O) groups is 1. The molecule has 0 bridgehead atoms. The van der Waals surface area contributed by atoms with E-state index in [9.17, 15) is 9.18 Å². The zero-order valence-electron chi connectivity index (χ0n) is 13.5. The Bertz CT molecular complexity index is 887. The van der Waals surface area contributed by atoms with Crippen LogP contribution in [0.15, 0.2) is 47.0 Å². The Labute approximate surface area is 139 Å². The van der Waals surface area contributed by atoms with Crippen LogP contribution in [0, 0.1) is 19.7 Å². The van der Waals surface area contributed by atoms with Gasteiger partial charge < -0.3 is 4.52 Å². The number of aromatic nitrogens is 2. The summed E-state index contributed by atoms with van der Waals surface area (Å²) in [5, 5.41) is 3.89. The maximum absolute atomic E-state index is 13.8. The Morgan fingerprint density at radius 1 is 1.17 bits per heavy atom. The smallest absolute Gasteiger partial charge is 0.165 e. The van der Waals surface area contributed by atoms with Gasteiger partial charge in [-0.1, -0.05) is 17.3 Å². The first kappa shape index (κ1) is 16.1. The molecule has 0 saturated carbocycles. The molecule has 2 heterocycles. The highest BCUT2D eigenvalue weighted by molar-refractivity contribution is 5.97. The van der Waals surface area contributed by atoms with Gasteiger partial charge in [0.25, 0.3) is 0 Å². The van der Waals surface area contributed by atoms with Gasteiger partial charge in [0.1, 0.15) is 17.3 Å². The number of pyridine rings is 1. The minimum atomic E-state index is -0.352. The average molecular weight is 324 g/mol. The summed E-state index contributed by atoms with van der Waals surface area (Å²) in [6.45, 7) is 3.71. The zero-order chi connectivity index (χ0) is 17.1. The molecular formula is C19H17FN2O2. The van der Waals surface area contributed by atoms with E-state index < -0.39 is 0 Å². The van der Waals surface area contributed by atoms with E-state index in [-0.39, 0.29) is 18.0 Å². The molecule has 3 aromatic rings. The van der Waals surface area contributed by atoms with Crippen molar-refractivity contribution in [2.45, 2.75) is 26.7 Å². The van der Waals surface area contributed by atoms with Gasteiger partial charge in [0, 0.05) is 41.4 Å². The van der Waals surface area contributed by atoms with Crippen molar-refractivity contribution in [3.8, 4) is 11.3 Å². The Hall–Kier alpha value is -2.82. The fraction of sp³-hybridized carbons (Fsp3) is 0.211. The van der Waals surface area contributed by atoms with Gasteiger partial charge >= 0.3 is 0 Å². The van der Waals surface area contributed by atoms with Crippen molar-refractivity contribution in [1.29, 1.82) is 0 Å². The molecule has 122 valence electrons. The highest BCUT2D eigenvalue weighted by Crippen LogP contribution is 2.23. The number of nitrogens with zero attached hydrogens (tertiary/aromatic N) is 2. The molecule has 0 aliphatic heterocycles. The second-order valence-electron chi connectivity index (χ2n) is 5.67. The first-order valence-electron chi connectivity index (χ1n) is 7.72. The third kappa shape index (κ3) is 3.40. The van der Waals surface area contributed by atoms with Crippen LogP contribution in [-0.2, 0) is 6.42 Å². The Morgan fingerprint density at radius 2 is 1.96 bits per heavy atom. The number of aryl methyl sites for hydroxylation is 3. The maximum Gasteiger partial charge on any atom is 0.165 e. The molecule has 0 radical (unpaired) electrons. The van der Waals surface area contributed by atoms with Gasteiger partial charge in [-0.3, -0.25) is 9.78 Å².